The second-order valence-electron chi connectivity index (χ2n) is 8.83. The molecular weight excluding hydrogens is 518 g/mol. The van der Waals surface area contributed by atoms with Crippen molar-refractivity contribution in [1.82, 2.24) is 4.57 Å². The maximum atomic E-state index is 14.2. The minimum Gasteiger partial charge on any atom is -0.493 e. The van der Waals surface area contributed by atoms with E-state index in [0.29, 0.717) is 50.9 Å². The number of nitrogens with zero attached hydrogens (tertiary/aromatic N) is 3. The molecule has 0 spiro atoms. The molecule has 2 aliphatic rings. The van der Waals surface area contributed by atoms with Crippen molar-refractivity contribution in [2.24, 2.45) is 4.99 Å². The van der Waals surface area contributed by atoms with E-state index in [1.807, 2.05) is 24.3 Å². The standard InChI is InChI=1S/C29H27N3O6S/c1-6-14-31-19-11-9-8-10-18(19)23(26(31)33)25-27(34)32-24(17-12-13-20(36-4)21(15-17)37-5)22(28(35)38-7-2)16(3)30-29(32)39-25/h6,8-13,15,24H,1,7,14H2,2-5H3/b25-23-/t24-/m1/s1. The average Bonchev–Trinajstić information content (AvgIpc) is 3.40. The molecule has 0 unspecified atom stereocenters. The van der Waals surface area contributed by atoms with Gasteiger partial charge in [-0.3, -0.25) is 14.2 Å². The number of carbonyl (C=O) groups excluding carboxylic acids is 2. The Morgan fingerprint density at radius 2 is 1.87 bits per heavy atom. The lowest BCUT2D eigenvalue weighted by Gasteiger charge is -2.25. The zero-order valence-electron chi connectivity index (χ0n) is 22.0. The molecule has 1 aromatic heterocycles. The number of esters is 1. The first-order valence-electron chi connectivity index (χ1n) is 12.3. The summed E-state index contributed by atoms with van der Waals surface area (Å²) >= 11 is 1.12. The molecular formula is C29H27N3O6S. The predicted octanol–water partition coefficient (Wildman–Crippen LogP) is 2.72. The minimum atomic E-state index is -0.856. The average molecular weight is 546 g/mol. The van der Waals surface area contributed by atoms with Crippen LogP contribution in [-0.2, 0) is 14.3 Å². The van der Waals surface area contributed by atoms with Gasteiger partial charge in [-0.2, -0.15) is 0 Å². The molecule has 0 aliphatic carbocycles. The fraction of sp³-hybridized carbons (Fsp3) is 0.241. The van der Waals surface area contributed by atoms with E-state index in [1.54, 1.807) is 43.0 Å². The van der Waals surface area contributed by atoms with Crippen molar-refractivity contribution >= 4 is 34.5 Å². The number of ether oxygens (including phenoxy) is 3. The molecule has 5 rings (SSSR count). The molecule has 200 valence electrons. The zero-order valence-corrected chi connectivity index (χ0v) is 22.8. The Kier molecular flexibility index (Phi) is 6.96. The summed E-state index contributed by atoms with van der Waals surface area (Å²) in [5.74, 6) is 0.0868. The fourth-order valence-electron chi connectivity index (χ4n) is 4.99. The van der Waals surface area contributed by atoms with Gasteiger partial charge in [0.05, 0.1) is 49.4 Å². The summed E-state index contributed by atoms with van der Waals surface area (Å²) in [6.45, 7) is 7.66. The van der Waals surface area contributed by atoms with Gasteiger partial charge in [0.25, 0.3) is 11.5 Å². The van der Waals surface area contributed by atoms with E-state index in [0.717, 1.165) is 11.3 Å². The first-order valence-corrected chi connectivity index (χ1v) is 13.1. The Hall–Kier alpha value is -4.44. The lowest BCUT2D eigenvalue weighted by molar-refractivity contribution is -0.139. The number of hydrogen-bond acceptors (Lipinski definition) is 8. The smallest absolute Gasteiger partial charge is 0.338 e. The molecule has 0 radical (unpaired) electrons. The van der Waals surface area contributed by atoms with Crippen LogP contribution >= 0.6 is 11.3 Å². The van der Waals surface area contributed by atoms with Crippen molar-refractivity contribution < 1.29 is 23.8 Å². The number of rotatable bonds is 7. The van der Waals surface area contributed by atoms with Crippen molar-refractivity contribution in [3.8, 4) is 11.5 Å². The van der Waals surface area contributed by atoms with Crippen LogP contribution < -0.4 is 29.3 Å². The largest absolute Gasteiger partial charge is 0.493 e. The van der Waals surface area contributed by atoms with Gasteiger partial charge in [-0.25, -0.2) is 9.79 Å². The Morgan fingerprint density at radius 1 is 1.13 bits per heavy atom. The molecule has 0 N–H and O–H groups in total. The predicted molar refractivity (Wildman–Crippen MR) is 148 cm³/mol. The summed E-state index contributed by atoms with van der Waals surface area (Å²) in [5, 5.41) is 0. The number of para-hydroxylation sites is 1. The maximum absolute atomic E-state index is 14.2. The van der Waals surface area contributed by atoms with Crippen molar-refractivity contribution in [1.29, 1.82) is 0 Å². The van der Waals surface area contributed by atoms with E-state index in [-0.39, 0.29) is 22.6 Å². The van der Waals surface area contributed by atoms with Crippen LogP contribution in [0, 0.1) is 0 Å². The van der Waals surface area contributed by atoms with E-state index in [1.165, 1.54) is 18.8 Å². The van der Waals surface area contributed by atoms with Crippen LogP contribution in [0.25, 0.3) is 5.57 Å². The van der Waals surface area contributed by atoms with Crippen molar-refractivity contribution in [2.75, 3.05) is 32.3 Å². The summed E-state index contributed by atoms with van der Waals surface area (Å²) < 4.78 is 18.0. The highest BCUT2D eigenvalue weighted by Crippen LogP contribution is 2.37. The molecule has 3 aromatic rings. The molecule has 2 aliphatic heterocycles. The van der Waals surface area contributed by atoms with Gasteiger partial charge in [-0.15, -0.1) is 6.58 Å². The third kappa shape index (κ3) is 4.17. The molecule has 0 saturated carbocycles. The Morgan fingerprint density at radius 3 is 2.56 bits per heavy atom. The molecule has 1 atom stereocenters. The molecule has 2 aromatic carbocycles. The van der Waals surface area contributed by atoms with Gasteiger partial charge < -0.3 is 19.1 Å². The highest BCUT2D eigenvalue weighted by molar-refractivity contribution is 7.07. The van der Waals surface area contributed by atoms with Crippen LogP contribution in [0.5, 0.6) is 11.5 Å². The number of allylic oxidation sites excluding steroid dienone is 1. The summed E-state index contributed by atoms with van der Waals surface area (Å²) in [6.07, 6.45) is 1.64. The molecule has 39 heavy (non-hydrogen) atoms. The number of aromatic nitrogens is 1. The number of methoxy groups -OCH3 is 2. The number of carbonyl (C=O) groups is 2. The number of thiazole rings is 1. The van der Waals surface area contributed by atoms with Gasteiger partial charge in [0, 0.05) is 12.1 Å². The molecule has 0 fully saturated rings. The van der Waals surface area contributed by atoms with Gasteiger partial charge in [0.15, 0.2) is 16.3 Å². The lowest BCUT2D eigenvalue weighted by Crippen LogP contribution is -2.41. The minimum absolute atomic E-state index is 0.160. The van der Waals surface area contributed by atoms with Crippen LogP contribution in [0.3, 0.4) is 0 Å². The Balaban J connectivity index is 1.82. The van der Waals surface area contributed by atoms with Crippen molar-refractivity contribution in [2.45, 2.75) is 19.9 Å². The third-order valence-electron chi connectivity index (χ3n) is 6.68. The summed E-state index contributed by atoms with van der Waals surface area (Å²) in [4.78, 5) is 47.6. The molecule has 3 heterocycles. The number of fused-ring (bicyclic) bond motifs is 2. The Labute approximate surface area is 228 Å². The van der Waals surface area contributed by atoms with Gasteiger partial charge in [0.2, 0.25) is 0 Å². The van der Waals surface area contributed by atoms with Crippen molar-refractivity contribution in [3.63, 3.8) is 0 Å². The molecule has 9 nitrogen and oxygen atoms in total. The van der Waals surface area contributed by atoms with Crippen LogP contribution in [-0.4, -0.2) is 43.8 Å². The summed E-state index contributed by atoms with van der Waals surface area (Å²) in [7, 11) is 3.04. The highest BCUT2D eigenvalue weighted by atomic mass is 32.1. The van der Waals surface area contributed by atoms with E-state index in [9.17, 15) is 14.4 Å². The number of benzene rings is 2. The topological polar surface area (TPSA) is 99.4 Å². The van der Waals surface area contributed by atoms with E-state index in [4.69, 9.17) is 14.2 Å². The molecule has 10 heteroatoms. The first kappa shape index (κ1) is 26.2. The number of hydrogen-bond donors (Lipinski definition) is 0. The van der Waals surface area contributed by atoms with E-state index in [2.05, 4.69) is 11.6 Å². The van der Waals surface area contributed by atoms with E-state index < -0.39 is 17.6 Å². The lowest BCUT2D eigenvalue weighted by atomic mass is 9.95. The van der Waals surface area contributed by atoms with Crippen LogP contribution in [0.15, 0.2) is 76.2 Å². The molecule has 1 amide bonds. The summed E-state index contributed by atoms with van der Waals surface area (Å²) in [6, 6.07) is 11.7. The van der Waals surface area contributed by atoms with Crippen LogP contribution in [0.1, 0.15) is 31.0 Å². The molecule has 0 saturated heterocycles. The van der Waals surface area contributed by atoms with Crippen LogP contribution in [0.2, 0.25) is 0 Å². The van der Waals surface area contributed by atoms with Gasteiger partial charge in [-0.05, 0) is 37.6 Å². The SMILES string of the molecule is C=CCN1C(=O)/C(=c2\sc3n(c2=O)[C@H](c2ccc(OC)c(OC)c2)C(C(=O)OCC)=C(C)N=3)c2ccccc21. The zero-order chi connectivity index (χ0) is 27.8. The van der Waals surface area contributed by atoms with Crippen molar-refractivity contribution in [3.05, 3.63) is 97.2 Å². The molecule has 0 bridgehead atoms. The first-order chi connectivity index (χ1) is 18.9. The normalized spacial score (nSPS) is 17.4. The summed E-state index contributed by atoms with van der Waals surface area (Å²) in [5.41, 5.74) is 2.53. The quantitative estimate of drug-likeness (QED) is 0.335. The monoisotopic (exact) mass is 545 g/mol. The van der Waals surface area contributed by atoms with Gasteiger partial charge in [0.1, 0.15) is 4.53 Å². The maximum Gasteiger partial charge on any atom is 0.338 e. The fourth-order valence-corrected chi connectivity index (χ4v) is 6.13. The van der Waals surface area contributed by atoms with E-state index >= 15 is 0 Å². The number of anilines is 1. The third-order valence-corrected chi connectivity index (χ3v) is 7.73. The Bertz CT molecular complexity index is 1730. The second kappa shape index (κ2) is 10.4. The van der Waals surface area contributed by atoms with Crippen LogP contribution in [0.4, 0.5) is 5.69 Å². The van der Waals surface area contributed by atoms with Gasteiger partial charge >= 0.3 is 5.97 Å². The van der Waals surface area contributed by atoms with Gasteiger partial charge in [-0.1, -0.05) is 41.7 Å². The number of amides is 1. The second-order valence-corrected chi connectivity index (χ2v) is 9.81. The highest BCUT2D eigenvalue weighted by Gasteiger charge is 2.37.